The van der Waals surface area contributed by atoms with Crippen LogP contribution in [-0.4, -0.2) is 30.1 Å². The molecule has 1 heterocycles. The van der Waals surface area contributed by atoms with Crippen LogP contribution in [0.1, 0.15) is 31.2 Å². The number of likely N-dealkylation sites (tertiary alicyclic amines) is 1. The van der Waals surface area contributed by atoms with Crippen molar-refractivity contribution in [1.29, 1.82) is 0 Å². The van der Waals surface area contributed by atoms with Crippen molar-refractivity contribution >= 4 is 5.97 Å². The summed E-state index contributed by atoms with van der Waals surface area (Å²) in [5, 5.41) is 0. The molecule has 1 aliphatic heterocycles. The number of carbonyl (C=O) groups excluding carboxylic acids is 1. The van der Waals surface area contributed by atoms with Crippen LogP contribution < -0.4 is 0 Å². The van der Waals surface area contributed by atoms with Gasteiger partial charge in [-0.1, -0.05) is 30.3 Å². The first kappa shape index (κ1) is 13.3. The van der Waals surface area contributed by atoms with Gasteiger partial charge in [0.25, 0.3) is 0 Å². The quantitative estimate of drug-likeness (QED) is 0.779. The van der Waals surface area contributed by atoms with Crippen LogP contribution >= 0.6 is 0 Å². The number of esters is 1. The van der Waals surface area contributed by atoms with E-state index in [-0.39, 0.29) is 11.9 Å². The highest BCUT2D eigenvalue weighted by atomic mass is 16.5. The van der Waals surface area contributed by atoms with Crippen LogP contribution in [0.5, 0.6) is 0 Å². The summed E-state index contributed by atoms with van der Waals surface area (Å²) >= 11 is 0. The molecule has 1 aromatic carbocycles. The second-order valence-electron chi connectivity index (χ2n) is 6.89. The third-order valence-corrected chi connectivity index (χ3v) is 5.43. The fraction of sp³-hybridized carbons (Fsp3) is 0.611. The lowest BCUT2D eigenvalue weighted by Gasteiger charge is -2.27. The summed E-state index contributed by atoms with van der Waals surface area (Å²) in [7, 11) is 0. The number of rotatable bonds is 5. The van der Waals surface area contributed by atoms with Crippen molar-refractivity contribution in [3.63, 3.8) is 0 Å². The minimum absolute atomic E-state index is 0.0518. The molecule has 3 aliphatic rings. The fourth-order valence-electron chi connectivity index (χ4n) is 4.11. The van der Waals surface area contributed by atoms with Gasteiger partial charge >= 0.3 is 5.97 Å². The van der Waals surface area contributed by atoms with E-state index in [1.54, 1.807) is 0 Å². The number of carbonyl (C=O) groups is 1. The highest BCUT2D eigenvalue weighted by Crippen LogP contribution is 2.43. The Morgan fingerprint density at radius 1 is 1.14 bits per heavy atom. The largest absolute Gasteiger partial charge is 0.465 e. The molecule has 0 spiro atoms. The molecule has 3 nitrogen and oxygen atoms in total. The fourth-order valence-corrected chi connectivity index (χ4v) is 4.11. The van der Waals surface area contributed by atoms with Gasteiger partial charge in [0.1, 0.15) is 0 Å². The van der Waals surface area contributed by atoms with Crippen LogP contribution in [0.2, 0.25) is 0 Å². The monoisotopic (exact) mass is 285 g/mol. The lowest BCUT2D eigenvalue weighted by Crippen LogP contribution is -2.33. The van der Waals surface area contributed by atoms with Crippen molar-refractivity contribution in [2.24, 2.45) is 17.8 Å². The first-order chi connectivity index (χ1) is 10.3. The van der Waals surface area contributed by atoms with Crippen molar-refractivity contribution in [3.8, 4) is 0 Å². The summed E-state index contributed by atoms with van der Waals surface area (Å²) in [4.78, 5) is 14.3. The van der Waals surface area contributed by atoms with Crippen LogP contribution in [0.15, 0.2) is 30.3 Å². The Kier molecular flexibility index (Phi) is 3.46. The van der Waals surface area contributed by atoms with Gasteiger partial charge in [-0.2, -0.15) is 0 Å². The second kappa shape index (κ2) is 5.45. The van der Waals surface area contributed by atoms with E-state index in [4.69, 9.17) is 4.74 Å². The van der Waals surface area contributed by atoms with E-state index < -0.39 is 0 Å². The lowest BCUT2D eigenvalue weighted by molar-refractivity contribution is -0.146. The van der Waals surface area contributed by atoms with Gasteiger partial charge in [0.15, 0.2) is 0 Å². The van der Waals surface area contributed by atoms with Crippen LogP contribution in [0.3, 0.4) is 0 Å². The Bertz CT molecular complexity index is 511. The molecular formula is C18H23NO2. The van der Waals surface area contributed by atoms with Gasteiger partial charge in [0.05, 0.1) is 12.5 Å². The summed E-state index contributed by atoms with van der Waals surface area (Å²) in [6, 6.07) is 11.3. The van der Waals surface area contributed by atoms with E-state index in [9.17, 15) is 4.79 Å². The van der Waals surface area contributed by atoms with Crippen LogP contribution in [-0.2, 0) is 16.1 Å². The first-order valence-electron chi connectivity index (χ1n) is 8.26. The number of hydrogen-bond acceptors (Lipinski definition) is 3. The average Bonchev–Trinajstić information content (AvgIpc) is 3.23. The molecule has 1 saturated heterocycles. The molecule has 2 aliphatic carbocycles. The number of ether oxygens (including phenoxy) is 1. The minimum Gasteiger partial charge on any atom is -0.465 e. The topological polar surface area (TPSA) is 29.5 Å². The molecule has 21 heavy (non-hydrogen) atoms. The normalized spacial score (nSPS) is 31.5. The number of hydrogen-bond donors (Lipinski definition) is 0. The lowest BCUT2D eigenvalue weighted by atomic mass is 9.99. The molecule has 0 N–H and O–H groups in total. The minimum atomic E-state index is 0.0518. The maximum absolute atomic E-state index is 11.7. The second-order valence-corrected chi connectivity index (χ2v) is 6.89. The van der Waals surface area contributed by atoms with Gasteiger partial charge in [-0.25, -0.2) is 0 Å². The zero-order valence-electron chi connectivity index (χ0n) is 12.4. The van der Waals surface area contributed by atoms with E-state index >= 15 is 0 Å². The zero-order chi connectivity index (χ0) is 14.2. The van der Waals surface area contributed by atoms with Gasteiger partial charge in [0, 0.05) is 25.0 Å². The number of benzene rings is 1. The molecule has 3 heteroatoms. The van der Waals surface area contributed by atoms with Gasteiger partial charge in [0.2, 0.25) is 0 Å². The Morgan fingerprint density at radius 2 is 1.95 bits per heavy atom. The van der Waals surface area contributed by atoms with Gasteiger partial charge in [-0.15, -0.1) is 0 Å². The number of fused-ring (bicyclic) bond motifs is 2. The molecule has 4 rings (SSSR count). The van der Waals surface area contributed by atoms with E-state index in [2.05, 4.69) is 35.2 Å². The van der Waals surface area contributed by atoms with Crippen LogP contribution in [0.25, 0.3) is 0 Å². The summed E-state index contributed by atoms with van der Waals surface area (Å²) in [6.07, 6.45) is 4.65. The molecule has 0 radical (unpaired) electrons. The first-order valence-corrected chi connectivity index (χ1v) is 8.26. The molecule has 0 aromatic heterocycles. The molecule has 0 amide bonds. The van der Waals surface area contributed by atoms with Crippen molar-refractivity contribution < 1.29 is 9.53 Å². The van der Waals surface area contributed by atoms with Gasteiger partial charge < -0.3 is 4.74 Å². The highest BCUT2D eigenvalue weighted by molar-refractivity contribution is 5.74. The Labute approximate surface area is 126 Å². The van der Waals surface area contributed by atoms with Gasteiger partial charge in [-0.3, -0.25) is 9.69 Å². The molecular weight excluding hydrogens is 262 g/mol. The average molecular weight is 285 g/mol. The highest BCUT2D eigenvalue weighted by Gasteiger charge is 2.47. The summed E-state index contributed by atoms with van der Waals surface area (Å²) in [5.41, 5.74) is 1.39. The summed E-state index contributed by atoms with van der Waals surface area (Å²) in [6.45, 7) is 2.86. The van der Waals surface area contributed by atoms with E-state index in [1.807, 2.05) is 0 Å². The summed E-state index contributed by atoms with van der Waals surface area (Å²) < 4.78 is 5.56. The third kappa shape index (κ3) is 2.71. The Balaban J connectivity index is 1.35. The van der Waals surface area contributed by atoms with Crippen molar-refractivity contribution in [3.05, 3.63) is 35.9 Å². The van der Waals surface area contributed by atoms with Crippen molar-refractivity contribution in [2.45, 2.75) is 38.3 Å². The molecule has 3 fully saturated rings. The van der Waals surface area contributed by atoms with E-state index in [0.29, 0.717) is 18.6 Å². The van der Waals surface area contributed by atoms with Gasteiger partial charge in [-0.05, 0) is 37.2 Å². The zero-order valence-corrected chi connectivity index (χ0v) is 12.4. The standard InChI is InChI=1S/C18H23NO2/c20-18(14-6-7-14)21-12-16-15-8-9-17(16)19(11-15)10-13-4-2-1-3-5-13/h1-5,14-17H,6-12H2. The molecule has 3 atom stereocenters. The SMILES string of the molecule is O=C(OCC1C2CCC1N(Cc1ccccc1)C2)C1CC1. The Hall–Kier alpha value is -1.35. The molecule has 2 saturated carbocycles. The molecule has 2 bridgehead atoms. The molecule has 112 valence electrons. The Morgan fingerprint density at radius 3 is 2.71 bits per heavy atom. The van der Waals surface area contributed by atoms with Crippen LogP contribution in [0.4, 0.5) is 0 Å². The smallest absolute Gasteiger partial charge is 0.308 e. The van der Waals surface area contributed by atoms with E-state index in [0.717, 1.165) is 25.3 Å². The molecule has 1 aromatic rings. The van der Waals surface area contributed by atoms with E-state index in [1.165, 1.54) is 24.9 Å². The summed E-state index contributed by atoms with van der Waals surface area (Å²) in [5.74, 6) is 1.57. The third-order valence-electron chi connectivity index (χ3n) is 5.43. The predicted octanol–water partition coefficient (Wildman–Crippen LogP) is 2.85. The maximum Gasteiger partial charge on any atom is 0.308 e. The van der Waals surface area contributed by atoms with Crippen molar-refractivity contribution in [1.82, 2.24) is 4.90 Å². The van der Waals surface area contributed by atoms with Crippen LogP contribution in [0, 0.1) is 17.8 Å². The van der Waals surface area contributed by atoms with Crippen molar-refractivity contribution in [2.75, 3.05) is 13.2 Å². The maximum atomic E-state index is 11.7. The number of nitrogens with zero attached hydrogens (tertiary/aromatic N) is 1. The molecule has 3 unspecified atom stereocenters. The number of piperidine rings is 1. The predicted molar refractivity (Wildman–Crippen MR) is 80.5 cm³/mol.